The van der Waals surface area contributed by atoms with Crippen LogP contribution in [0.5, 0.6) is 0 Å². The first kappa shape index (κ1) is 11.4. The Labute approximate surface area is 110 Å². The third-order valence-electron chi connectivity index (χ3n) is 2.36. The van der Waals surface area contributed by atoms with Crippen molar-refractivity contribution >= 4 is 39.7 Å². The van der Waals surface area contributed by atoms with Gasteiger partial charge in [0, 0.05) is 17.3 Å². The molecule has 0 radical (unpaired) electrons. The molecule has 0 aliphatic heterocycles. The molecule has 0 unspecified atom stereocenters. The number of nitrogens with two attached hydrogens (primary N) is 1. The van der Waals surface area contributed by atoms with Crippen LogP contribution in [0.1, 0.15) is 0 Å². The molecule has 7 heteroatoms. The molecule has 3 rings (SSSR count). The fourth-order valence-electron chi connectivity index (χ4n) is 1.60. The summed E-state index contributed by atoms with van der Waals surface area (Å²) in [5.74, 6) is -0.390. The maximum atomic E-state index is 14.0. The summed E-state index contributed by atoms with van der Waals surface area (Å²) in [6.45, 7) is 0. The van der Waals surface area contributed by atoms with Crippen molar-refractivity contribution in [3.63, 3.8) is 0 Å². The predicted molar refractivity (Wildman–Crippen MR) is 70.1 cm³/mol. The van der Waals surface area contributed by atoms with Crippen LogP contribution in [-0.4, -0.2) is 15.2 Å². The van der Waals surface area contributed by atoms with Crippen LogP contribution in [-0.2, 0) is 0 Å². The second-order valence-corrected chi connectivity index (χ2v) is 5.57. The normalized spacial score (nSPS) is 10.9. The van der Waals surface area contributed by atoms with E-state index in [-0.39, 0.29) is 5.82 Å². The maximum absolute atomic E-state index is 14.0. The van der Waals surface area contributed by atoms with Gasteiger partial charge in [-0.05, 0) is 18.2 Å². The zero-order valence-electron chi connectivity index (χ0n) is 9.00. The Morgan fingerprint density at radius 3 is 3.06 bits per heavy atom. The van der Waals surface area contributed by atoms with Crippen molar-refractivity contribution in [2.24, 2.45) is 0 Å². The number of fused-ring (bicyclic) bond motifs is 1. The molecule has 0 saturated carbocycles. The van der Waals surface area contributed by atoms with Crippen molar-refractivity contribution in [1.82, 2.24) is 15.2 Å². The highest BCUT2D eigenvalue weighted by Gasteiger charge is 2.14. The van der Waals surface area contributed by atoms with Crippen LogP contribution in [0.15, 0.2) is 39.1 Å². The molecule has 0 amide bonds. The monoisotopic (exact) mass is 278 g/mol. The second kappa shape index (κ2) is 4.51. The minimum Gasteiger partial charge on any atom is -0.398 e. The lowest BCUT2D eigenvalue weighted by Crippen LogP contribution is -1.94. The standard InChI is InChI=1S/C11H7FN4S2/c12-7-4-8(13)6-2-1-3-14-9(6)10(7)18-11-16-15-5-17-11/h1-5H,13H2. The average molecular weight is 278 g/mol. The molecule has 90 valence electrons. The van der Waals surface area contributed by atoms with Crippen LogP contribution >= 0.6 is 23.1 Å². The molecule has 1 aromatic carbocycles. The Bertz CT molecular complexity index is 700. The number of anilines is 1. The first-order valence-corrected chi connectivity index (χ1v) is 6.72. The molecular formula is C11H7FN4S2. The number of aromatic nitrogens is 3. The molecule has 0 fully saturated rings. The highest BCUT2D eigenvalue weighted by Crippen LogP contribution is 2.37. The molecule has 4 nitrogen and oxygen atoms in total. The first-order valence-electron chi connectivity index (χ1n) is 5.02. The minimum absolute atomic E-state index is 0.386. The van der Waals surface area contributed by atoms with Crippen LogP contribution in [0.4, 0.5) is 10.1 Å². The number of nitrogens with zero attached hydrogens (tertiary/aromatic N) is 3. The molecule has 0 bridgehead atoms. The predicted octanol–water partition coefficient (Wildman–Crippen LogP) is 2.96. The Kier molecular flexibility index (Phi) is 2.85. The average Bonchev–Trinajstić information content (AvgIpc) is 2.87. The highest BCUT2D eigenvalue weighted by molar-refractivity contribution is 8.01. The number of benzene rings is 1. The van der Waals surface area contributed by atoms with E-state index < -0.39 is 0 Å². The lowest BCUT2D eigenvalue weighted by molar-refractivity contribution is 0.605. The smallest absolute Gasteiger partial charge is 0.179 e. The molecular weight excluding hydrogens is 271 g/mol. The van der Waals surface area contributed by atoms with E-state index in [1.807, 2.05) is 6.07 Å². The van der Waals surface area contributed by atoms with Crippen molar-refractivity contribution in [2.75, 3.05) is 5.73 Å². The quantitative estimate of drug-likeness (QED) is 0.730. The van der Waals surface area contributed by atoms with Gasteiger partial charge in [0.25, 0.3) is 0 Å². The van der Waals surface area contributed by atoms with Gasteiger partial charge in [-0.25, -0.2) is 4.39 Å². The summed E-state index contributed by atoms with van der Waals surface area (Å²) in [4.78, 5) is 4.63. The number of hydrogen-bond acceptors (Lipinski definition) is 6. The summed E-state index contributed by atoms with van der Waals surface area (Å²) in [5, 5.41) is 8.36. The number of rotatable bonds is 2. The van der Waals surface area contributed by atoms with E-state index in [4.69, 9.17) is 5.73 Å². The number of halogens is 1. The summed E-state index contributed by atoms with van der Waals surface area (Å²) in [5.41, 5.74) is 8.33. The van der Waals surface area contributed by atoms with Crippen LogP contribution in [0, 0.1) is 5.82 Å². The maximum Gasteiger partial charge on any atom is 0.179 e. The summed E-state index contributed by atoms with van der Waals surface area (Å²) < 4.78 is 14.7. The van der Waals surface area contributed by atoms with Gasteiger partial charge in [-0.1, -0.05) is 23.1 Å². The van der Waals surface area contributed by atoms with Crippen LogP contribution < -0.4 is 5.73 Å². The van der Waals surface area contributed by atoms with E-state index in [1.165, 1.54) is 29.2 Å². The fraction of sp³-hybridized carbons (Fsp3) is 0. The van der Waals surface area contributed by atoms with Gasteiger partial charge < -0.3 is 5.73 Å². The fourth-order valence-corrected chi connectivity index (χ4v) is 3.13. The molecule has 3 aromatic rings. The molecule has 18 heavy (non-hydrogen) atoms. The van der Waals surface area contributed by atoms with E-state index in [2.05, 4.69) is 15.2 Å². The molecule has 0 saturated heterocycles. The second-order valence-electron chi connectivity index (χ2n) is 3.48. The zero-order valence-corrected chi connectivity index (χ0v) is 10.6. The summed E-state index contributed by atoms with van der Waals surface area (Å²) >= 11 is 2.57. The lowest BCUT2D eigenvalue weighted by Gasteiger charge is -2.07. The van der Waals surface area contributed by atoms with Crippen molar-refractivity contribution in [1.29, 1.82) is 0 Å². The first-order chi connectivity index (χ1) is 8.75. The number of pyridine rings is 1. The molecule has 2 N–H and O–H groups in total. The SMILES string of the molecule is Nc1cc(F)c(Sc2nncs2)c2ncccc12. The third kappa shape index (κ3) is 1.91. The molecule has 0 aliphatic carbocycles. The van der Waals surface area contributed by atoms with Gasteiger partial charge in [-0.3, -0.25) is 4.98 Å². The van der Waals surface area contributed by atoms with Gasteiger partial charge >= 0.3 is 0 Å². The van der Waals surface area contributed by atoms with Crippen molar-refractivity contribution < 1.29 is 4.39 Å². The molecule has 0 atom stereocenters. The number of nitrogen functional groups attached to an aromatic ring is 1. The van der Waals surface area contributed by atoms with E-state index >= 15 is 0 Å². The van der Waals surface area contributed by atoms with E-state index in [0.717, 1.165) is 5.39 Å². The topological polar surface area (TPSA) is 64.7 Å². The van der Waals surface area contributed by atoms with Crippen LogP contribution in [0.25, 0.3) is 10.9 Å². The van der Waals surface area contributed by atoms with Crippen LogP contribution in [0.2, 0.25) is 0 Å². The molecule has 2 aromatic heterocycles. The molecule has 0 spiro atoms. The van der Waals surface area contributed by atoms with E-state index in [1.54, 1.807) is 17.8 Å². The Balaban J connectivity index is 2.21. The molecule has 0 aliphatic rings. The summed E-state index contributed by atoms with van der Waals surface area (Å²) in [7, 11) is 0. The van der Waals surface area contributed by atoms with Crippen molar-refractivity contribution in [3.8, 4) is 0 Å². The minimum atomic E-state index is -0.390. The van der Waals surface area contributed by atoms with Gasteiger partial charge in [0.05, 0.1) is 10.4 Å². The van der Waals surface area contributed by atoms with Gasteiger partial charge in [0.2, 0.25) is 0 Å². The Hall–Kier alpha value is -1.73. The van der Waals surface area contributed by atoms with E-state index in [0.29, 0.717) is 20.4 Å². The largest absolute Gasteiger partial charge is 0.398 e. The van der Waals surface area contributed by atoms with Gasteiger partial charge in [-0.15, -0.1) is 10.2 Å². The van der Waals surface area contributed by atoms with Crippen molar-refractivity contribution in [2.45, 2.75) is 9.24 Å². The third-order valence-corrected chi connectivity index (χ3v) is 4.23. The number of hydrogen-bond donors (Lipinski definition) is 1. The Morgan fingerprint density at radius 2 is 2.28 bits per heavy atom. The van der Waals surface area contributed by atoms with Gasteiger partial charge in [0.1, 0.15) is 11.3 Å². The zero-order chi connectivity index (χ0) is 12.5. The van der Waals surface area contributed by atoms with Crippen molar-refractivity contribution in [3.05, 3.63) is 35.7 Å². The van der Waals surface area contributed by atoms with Gasteiger partial charge in [0.15, 0.2) is 4.34 Å². The Morgan fingerprint density at radius 1 is 1.39 bits per heavy atom. The highest BCUT2D eigenvalue weighted by atomic mass is 32.2. The lowest BCUT2D eigenvalue weighted by atomic mass is 10.2. The summed E-state index contributed by atoms with van der Waals surface area (Å²) in [6, 6.07) is 4.91. The molecule has 2 heterocycles. The van der Waals surface area contributed by atoms with Crippen LogP contribution in [0.3, 0.4) is 0 Å². The summed E-state index contributed by atoms with van der Waals surface area (Å²) in [6.07, 6.45) is 1.62. The van der Waals surface area contributed by atoms with Gasteiger partial charge in [-0.2, -0.15) is 0 Å². The van der Waals surface area contributed by atoms with E-state index in [9.17, 15) is 4.39 Å².